The second-order valence-corrected chi connectivity index (χ2v) is 6.31. The Morgan fingerprint density at radius 3 is 3.10 bits per heavy atom. The molecular weight excluding hydrogens is 274 g/mol. The van der Waals surface area contributed by atoms with Gasteiger partial charge >= 0.3 is 5.97 Å². The maximum atomic E-state index is 10.5. The molecule has 0 aromatic carbocycles. The van der Waals surface area contributed by atoms with Crippen LogP contribution in [0.1, 0.15) is 35.4 Å². The van der Waals surface area contributed by atoms with Crippen molar-refractivity contribution in [3.8, 4) is 0 Å². The Hall–Kier alpha value is -1.17. The van der Waals surface area contributed by atoms with Gasteiger partial charge < -0.3 is 10.2 Å². The molecule has 1 unspecified atom stereocenters. The summed E-state index contributed by atoms with van der Waals surface area (Å²) in [5, 5.41) is 17.6. The van der Waals surface area contributed by atoms with Crippen LogP contribution in [0, 0.1) is 0 Å². The van der Waals surface area contributed by atoms with Crippen LogP contribution in [0.4, 0.5) is 0 Å². The number of rotatable bonds is 7. The molecule has 5 heteroatoms. The van der Waals surface area contributed by atoms with E-state index in [1.54, 1.807) is 17.4 Å². The van der Waals surface area contributed by atoms with E-state index in [9.17, 15) is 4.79 Å². The fraction of sp³-hybridized carbons (Fsp3) is 0.533. The van der Waals surface area contributed by atoms with Crippen LogP contribution < -0.4 is 0 Å². The quantitative estimate of drug-likeness (QED) is 0.759. The predicted molar refractivity (Wildman–Crippen MR) is 80.7 cm³/mol. The van der Waals surface area contributed by atoms with Gasteiger partial charge in [-0.1, -0.05) is 0 Å². The third kappa shape index (κ3) is 4.44. The Balaban J connectivity index is 1.90. The highest BCUT2D eigenvalue weighted by molar-refractivity contribution is 7.12. The standard InChI is InChI=1S/C15H21NO3S/c17-10-2-4-12-3-1-9-16(12)11-14-6-5-13(20-14)7-8-15(18)19/h5-8,12,17H,1-4,9-11H2,(H,18,19). The van der Waals surface area contributed by atoms with E-state index >= 15 is 0 Å². The van der Waals surface area contributed by atoms with E-state index in [0.717, 1.165) is 30.8 Å². The van der Waals surface area contributed by atoms with Crippen LogP contribution in [-0.2, 0) is 11.3 Å². The molecule has 0 saturated carbocycles. The van der Waals surface area contributed by atoms with Gasteiger partial charge in [-0.15, -0.1) is 11.3 Å². The number of carboxylic acid groups (broad SMARTS) is 1. The molecule has 20 heavy (non-hydrogen) atoms. The van der Waals surface area contributed by atoms with Gasteiger partial charge in [0, 0.05) is 35.0 Å². The molecule has 0 radical (unpaired) electrons. The number of hydrogen-bond donors (Lipinski definition) is 2. The van der Waals surface area contributed by atoms with Crippen LogP contribution in [-0.4, -0.2) is 40.3 Å². The molecule has 1 aliphatic rings. The molecule has 1 saturated heterocycles. The number of aliphatic carboxylic acids is 1. The Morgan fingerprint density at radius 1 is 1.50 bits per heavy atom. The number of likely N-dealkylation sites (tertiary alicyclic amines) is 1. The maximum Gasteiger partial charge on any atom is 0.328 e. The minimum absolute atomic E-state index is 0.271. The van der Waals surface area contributed by atoms with Crippen LogP contribution in [0.3, 0.4) is 0 Å². The fourth-order valence-electron chi connectivity index (χ4n) is 2.68. The van der Waals surface area contributed by atoms with Crippen molar-refractivity contribution in [1.82, 2.24) is 4.90 Å². The van der Waals surface area contributed by atoms with E-state index in [2.05, 4.69) is 11.0 Å². The van der Waals surface area contributed by atoms with E-state index in [1.165, 1.54) is 23.8 Å². The van der Waals surface area contributed by atoms with Crippen molar-refractivity contribution in [2.24, 2.45) is 0 Å². The SMILES string of the molecule is O=C(O)C=Cc1ccc(CN2CCCC2CCCO)s1. The Labute approximate surface area is 123 Å². The first-order valence-electron chi connectivity index (χ1n) is 7.03. The van der Waals surface area contributed by atoms with Gasteiger partial charge in [0.05, 0.1) is 0 Å². The Kier molecular flexibility index (Phi) is 5.76. The molecule has 0 spiro atoms. The van der Waals surface area contributed by atoms with Crippen LogP contribution in [0.2, 0.25) is 0 Å². The fourth-order valence-corrected chi connectivity index (χ4v) is 3.62. The molecule has 0 amide bonds. The van der Waals surface area contributed by atoms with Gasteiger partial charge in [0.15, 0.2) is 0 Å². The summed E-state index contributed by atoms with van der Waals surface area (Å²) >= 11 is 1.65. The highest BCUT2D eigenvalue weighted by Gasteiger charge is 2.24. The normalized spacial score (nSPS) is 19.9. The summed E-state index contributed by atoms with van der Waals surface area (Å²) in [5.41, 5.74) is 0. The first-order valence-corrected chi connectivity index (χ1v) is 7.85. The molecule has 0 aliphatic carbocycles. The van der Waals surface area contributed by atoms with Gasteiger partial charge in [0.1, 0.15) is 0 Å². The summed E-state index contributed by atoms with van der Waals surface area (Å²) in [6, 6.07) is 4.63. The second kappa shape index (κ2) is 7.57. The van der Waals surface area contributed by atoms with Crippen molar-refractivity contribution in [2.45, 2.75) is 38.3 Å². The second-order valence-electron chi connectivity index (χ2n) is 5.11. The van der Waals surface area contributed by atoms with E-state index < -0.39 is 5.97 Å². The predicted octanol–water partition coefficient (Wildman–Crippen LogP) is 2.58. The van der Waals surface area contributed by atoms with Crippen molar-refractivity contribution in [3.05, 3.63) is 28.0 Å². The number of carboxylic acids is 1. The highest BCUT2D eigenvalue weighted by Crippen LogP contribution is 2.26. The maximum absolute atomic E-state index is 10.5. The molecule has 1 aromatic rings. The van der Waals surface area contributed by atoms with Crippen molar-refractivity contribution < 1.29 is 15.0 Å². The molecular formula is C15H21NO3S. The van der Waals surface area contributed by atoms with E-state index in [0.29, 0.717) is 6.04 Å². The summed E-state index contributed by atoms with van der Waals surface area (Å²) in [5.74, 6) is -0.913. The molecule has 2 heterocycles. The third-order valence-corrected chi connectivity index (χ3v) is 4.66. The first-order chi connectivity index (χ1) is 9.69. The molecule has 2 N–H and O–H groups in total. The van der Waals surface area contributed by atoms with E-state index in [-0.39, 0.29) is 6.61 Å². The number of aliphatic hydroxyl groups excluding tert-OH is 1. The minimum Gasteiger partial charge on any atom is -0.478 e. The topological polar surface area (TPSA) is 60.8 Å². The lowest BCUT2D eigenvalue weighted by atomic mass is 10.1. The Morgan fingerprint density at radius 2 is 2.35 bits per heavy atom. The van der Waals surface area contributed by atoms with Gasteiger partial charge in [-0.3, -0.25) is 4.90 Å². The van der Waals surface area contributed by atoms with Gasteiger partial charge in [0.2, 0.25) is 0 Å². The summed E-state index contributed by atoms with van der Waals surface area (Å²) in [6.45, 7) is 2.32. The average Bonchev–Trinajstić information content (AvgIpc) is 3.04. The third-order valence-electron chi connectivity index (χ3n) is 3.63. The van der Waals surface area contributed by atoms with Gasteiger partial charge in [-0.25, -0.2) is 4.79 Å². The zero-order valence-electron chi connectivity index (χ0n) is 11.5. The summed E-state index contributed by atoms with van der Waals surface area (Å²) < 4.78 is 0. The molecule has 1 aromatic heterocycles. The van der Waals surface area contributed by atoms with Crippen molar-refractivity contribution in [3.63, 3.8) is 0 Å². The summed E-state index contributed by atoms with van der Waals surface area (Å²) in [4.78, 5) is 15.2. The lowest BCUT2D eigenvalue weighted by Gasteiger charge is -2.23. The van der Waals surface area contributed by atoms with Crippen LogP contribution >= 0.6 is 11.3 Å². The first kappa shape index (κ1) is 15.2. The van der Waals surface area contributed by atoms with E-state index in [4.69, 9.17) is 10.2 Å². The molecule has 4 nitrogen and oxygen atoms in total. The smallest absolute Gasteiger partial charge is 0.328 e. The average molecular weight is 295 g/mol. The van der Waals surface area contributed by atoms with Crippen molar-refractivity contribution in [1.29, 1.82) is 0 Å². The largest absolute Gasteiger partial charge is 0.478 e. The number of thiophene rings is 1. The molecule has 1 aliphatic heterocycles. The van der Waals surface area contributed by atoms with Crippen LogP contribution in [0.5, 0.6) is 0 Å². The molecule has 1 atom stereocenters. The number of aliphatic hydroxyl groups is 1. The zero-order chi connectivity index (χ0) is 14.4. The van der Waals surface area contributed by atoms with Crippen molar-refractivity contribution in [2.75, 3.05) is 13.2 Å². The van der Waals surface area contributed by atoms with Gasteiger partial charge in [-0.05, 0) is 50.4 Å². The molecule has 0 bridgehead atoms. The number of carbonyl (C=O) groups is 1. The minimum atomic E-state index is -0.913. The summed E-state index contributed by atoms with van der Waals surface area (Å²) in [6.07, 6.45) is 7.20. The molecule has 2 rings (SSSR count). The van der Waals surface area contributed by atoms with E-state index in [1.807, 2.05) is 6.07 Å². The summed E-state index contributed by atoms with van der Waals surface area (Å²) in [7, 11) is 0. The van der Waals surface area contributed by atoms with Crippen molar-refractivity contribution >= 4 is 23.4 Å². The number of nitrogens with zero attached hydrogens (tertiary/aromatic N) is 1. The monoisotopic (exact) mass is 295 g/mol. The van der Waals surface area contributed by atoms with Crippen LogP contribution in [0.25, 0.3) is 6.08 Å². The highest BCUT2D eigenvalue weighted by atomic mass is 32.1. The lowest BCUT2D eigenvalue weighted by molar-refractivity contribution is -0.131. The zero-order valence-corrected chi connectivity index (χ0v) is 12.3. The van der Waals surface area contributed by atoms with Crippen LogP contribution in [0.15, 0.2) is 18.2 Å². The molecule has 110 valence electrons. The Bertz CT molecular complexity index is 469. The van der Waals surface area contributed by atoms with Gasteiger partial charge in [-0.2, -0.15) is 0 Å². The van der Waals surface area contributed by atoms with Gasteiger partial charge in [0.25, 0.3) is 0 Å². The lowest BCUT2D eigenvalue weighted by Crippen LogP contribution is -2.28. The number of hydrogen-bond acceptors (Lipinski definition) is 4. The molecule has 1 fully saturated rings.